The molecule has 3 heterocycles. The summed E-state index contributed by atoms with van der Waals surface area (Å²) in [5.74, 6) is 2.26. The summed E-state index contributed by atoms with van der Waals surface area (Å²) in [6.45, 7) is 4.15. The lowest BCUT2D eigenvalue weighted by molar-refractivity contribution is 0.504. The number of aromatic nitrogens is 3. The SMILES string of the molecule is CC(NCc1cccs1)c1nnc2n1CCCCC2. The van der Waals surface area contributed by atoms with Gasteiger partial charge < -0.3 is 9.88 Å². The van der Waals surface area contributed by atoms with Gasteiger partial charge in [0.05, 0.1) is 6.04 Å². The maximum atomic E-state index is 4.39. The van der Waals surface area contributed by atoms with E-state index >= 15 is 0 Å². The molecule has 19 heavy (non-hydrogen) atoms. The first-order valence-electron chi connectivity index (χ1n) is 7.02. The topological polar surface area (TPSA) is 42.7 Å². The fourth-order valence-electron chi connectivity index (χ4n) is 2.59. The number of hydrogen-bond acceptors (Lipinski definition) is 4. The van der Waals surface area contributed by atoms with Crippen LogP contribution in [-0.2, 0) is 19.5 Å². The van der Waals surface area contributed by atoms with E-state index in [1.165, 1.54) is 24.1 Å². The van der Waals surface area contributed by atoms with E-state index in [4.69, 9.17) is 0 Å². The number of nitrogens with zero attached hydrogens (tertiary/aromatic N) is 3. The molecule has 2 aromatic heterocycles. The molecule has 5 heteroatoms. The standard InChI is InChI=1S/C14H20N4S/c1-11(15-10-12-6-5-9-19-12)14-17-16-13-7-3-2-4-8-18(13)14/h5-6,9,11,15H,2-4,7-8,10H2,1H3. The van der Waals surface area contributed by atoms with Gasteiger partial charge in [-0.1, -0.05) is 12.5 Å². The van der Waals surface area contributed by atoms with Crippen molar-refractivity contribution in [1.29, 1.82) is 0 Å². The fourth-order valence-corrected chi connectivity index (χ4v) is 3.24. The van der Waals surface area contributed by atoms with Crippen LogP contribution in [0.4, 0.5) is 0 Å². The third-order valence-corrected chi connectivity index (χ3v) is 4.56. The Morgan fingerprint density at radius 1 is 1.37 bits per heavy atom. The predicted molar refractivity (Wildman–Crippen MR) is 77.2 cm³/mol. The molecule has 0 fully saturated rings. The lowest BCUT2D eigenvalue weighted by Crippen LogP contribution is -2.22. The first-order valence-corrected chi connectivity index (χ1v) is 7.90. The van der Waals surface area contributed by atoms with Gasteiger partial charge in [-0.25, -0.2) is 0 Å². The summed E-state index contributed by atoms with van der Waals surface area (Å²) in [5.41, 5.74) is 0. The minimum absolute atomic E-state index is 0.251. The van der Waals surface area contributed by atoms with Gasteiger partial charge in [0.1, 0.15) is 11.6 Å². The van der Waals surface area contributed by atoms with Crippen LogP contribution in [0.25, 0.3) is 0 Å². The Morgan fingerprint density at radius 3 is 3.16 bits per heavy atom. The third-order valence-electron chi connectivity index (χ3n) is 3.69. The van der Waals surface area contributed by atoms with E-state index < -0.39 is 0 Å². The number of nitrogens with one attached hydrogen (secondary N) is 1. The van der Waals surface area contributed by atoms with Crippen molar-refractivity contribution < 1.29 is 0 Å². The minimum Gasteiger partial charge on any atom is -0.314 e. The predicted octanol–water partition coefficient (Wildman–Crippen LogP) is 2.92. The molecule has 0 aliphatic carbocycles. The number of aryl methyl sites for hydroxylation is 1. The van der Waals surface area contributed by atoms with Crippen molar-refractivity contribution in [3.05, 3.63) is 34.0 Å². The minimum atomic E-state index is 0.251. The lowest BCUT2D eigenvalue weighted by Gasteiger charge is -2.14. The lowest BCUT2D eigenvalue weighted by atomic mass is 10.2. The average Bonchev–Trinajstić information content (AvgIpc) is 3.02. The molecule has 0 radical (unpaired) electrons. The Balaban J connectivity index is 1.69. The van der Waals surface area contributed by atoms with Crippen molar-refractivity contribution in [2.75, 3.05) is 0 Å². The number of fused-ring (bicyclic) bond motifs is 1. The van der Waals surface area contributed by atoms with Gasteiger partial charge in [0.2, 0.25) is 0 Å². The van der Waals surface area contributed by atoms with Gasteiger partial charge in [-0.3, -0.25) is 0 Å². The van der Waals surface area contributed by atoms with E-state index in [9.17, 15) is 0 Å². The molecule has 0 bridgehead atoms. The van der Waals surface area contributed by atoms with Crippen LogP contribution in [0.15, 0.2) is 17.5 Å². The number of hydrogen-bond donors (Lipinski definition) is 1. The Hall–Kier alpha value is -1.20. The number of rotatable bonds is 4. The molecule has 0 saturated carbocycles. The largest absolute Gasteiger partial charge is 0.314 e. The van der Waals surface area contributed by atoms with E-state index in [1.807, 2.05) is 0 Å². The molecule has 1 N–H and O–H groups in total. The van der Waals surface area contributed by atoms with Gasteiger partial charge in [0.25, 0.3) is 0 Å². The highest BCUT2D eigenvalue weighted by atomic mass is 32.1. The van der Waals surface area contributed by atoms with E-state index in [0.717, 1.165) is 31.2 Å². The van der Waals surface area contributed by atoms with Crippen molar-refractivity contribution in [2.45, 2.75) is 51.7 Å². The van der Waals surface area contributed by atoms with Gasteiger partial charge in [-0.2, -0.15) is 0 Å². The zero-order valence-electron chi connectivity index (χ0n) is 11.3. The Bertz CT molecular complexity index is 518. The van der Waals surface area contributed by atoms with Crippen LogP contribution in [-0.4, -0.2) is 14.8 Å². The summed E-state index contributed by atoms with van der Waals surface area (Å²) < 4.78 is 2.32. The van der Waals surface area contributed by atoms with Crippen LogP contribution in [0.1, 0.15) is 48.8 Å². The van der Waals surface area contributed by atoms with Crippen LogP contribution in [0.2, 0.25) is 0 Å². The van der Waals surface area contributed by atoms with Gasteiger partial charge in [0, 0.05) is 24.4 Å². The molecular weight excluding hydrogens is 256 g/mol. The van der Waals surface area contributed by atoms with Crippen LogP contribution in [0.5, 0.6) is 0 Å². The second-order valence-corrected chi connectivity index (χ2v) is 6.15. The summed E-state index contributed by atoms with van der Waals surface area (Å²) in [7, 11) is 0. The summed E-state index contributed by atoms with van der Waals surface area (Å²) in [6, 6.07) is 4.51. The third kappa shape index (κ3) is 2.87. The molecule has 1 aliphatic rings. The van der Waals surface area contributed by atoms with Crippen LogP contribution >= 0.6 is 11.3 Å². The molecule has 1 unspecified atom stereocenters. The quantitative estimate of drug-likeness (QED) is 0.933. The van der Waals surface area contributed by atoms with Crippen LogP contribution < -0.4 is 5.32 Å². The fraction of sp³-hybridized carbons (Fsp3) is 0.571. The number of thiophene rings is 1. The van der Waals surface area contributed by atoms with E-state index in [0.29, 0.717) is 0 Å². The molecule has 1 aliphatic heterocycles. The molecule has 3 rings (SSSR count). The highest BCUT2D eigenvalue weighted by Crippen LogP contribution is 2.19. The molecule has 4 nitrogen and oxygen atoms in total. The van der Waals surface area contributed by atoms with Crippen molar-refractivity contribution in [2.24, 2.45) is 0 Å². The molecule has 0 saturated heterocycles. The molecule has 0 spiro atoms. The summed E-state index contributed by atoms with van der Waals surface area (Å²) in [4.78, 5) is 1.36. The monoisotopic (exact) mass is 276 g/mol. The molecular formula is C14H20N4S. The highest BCUT2D eigenvalue weighted by Gasteiger charge is 2.18. The molecule has 0 amide bonds. The Labute approximate surface area is 117 Å². The molecule has 1 atom stereocenters. The Kier molecular flexibility index (Phi) is 3.94. The van der Waals surface area contributed by atoms with Crippen LogP contribution in [0, 0.1) is 0 Å². The zero-order valence-corrected chi connectivity index (χ0v) is 12.1. The van der Waals surface area contributed by atoms with Gasteiger partial charge >= 0.3 is 0 Å². The normalized spacial score (nSPS) is 16.9. The van der Waals surface area contributed by atoms with Crippen molar-refractivity contribution in [3.8, 4) is 0 Å². The summed E-state index contributed by atoms with van der Waals surface area (Å²) >= 11 is 1.79. The van der Waals surface area contributed by atoms with Gasteiger partial charge in [-0.15, -0.1) is 21.5 Å². The average molecular weight is 276 g/mol. The van der Waals surface area contributed by atoms with Gasteiger partial charge in [-0.05, 0) is 31.2 Å². The molecule has 102 valence electrons. The molecule has 0 aromatic carbocycles. The highest BCUT2D eigenvalue weighted by molar-refractivity contribution is 7.09. The second-order valence-electron chi connectivity index (χ2n) is 5.12. The van der Waals surface area contributed by atoms with E-state index in [1.54, 1.807) is 11.3 Å². The van der Waals surface area contributed by atoms with Crippen molar-refractivity contribution in [3.63, 3.8) is 0 Å². The molecule has 2 aromatic rings. The van der Waals surface area contributed by atoms with Gasteiger partial charge in [0.15, 0.2) is 0 Å². The maximum absolute atomic E-state index is 4.39. The van der Waals surface area contributed by atoms with Crippen molar-refractivity contribution >= 4 is 11.3 Å². The van der Waals surface area contributed by atoms with Crippen molar-refractivity contribution in [1.82, 2.24) is 20.1 Å². The first-order chi connectivity index (χ1) is 9.34. The first kappa shape index (κ1) is 12.8. The van der Waals surface area contributed by atoms with E-state index in [2.05, 4.69) is 44.5 Å². The second kappa shape index (κ2) is 5.84. The smallest absolute Gasteiger partial charge is 0.149 e. The van der Waals surface area contributed by atoms with E-state index in [-0.39, 0.29) is 6.04 Å². The summed E-state index contributed by atoms with van der Waals surface area (Å²) in [6.07, 6.45) is 4.87. The van der Waals surface area contributed by atoms with Crippen LogP contribution in [0.3, 0.4) is 0 Å². The Morgan fingerprint density at radius 2 is 2.32 bits per heavy atom. The summed E-state index contributed by atoms with van der Waals surface area (Å²) in [5, 5.41) is 14.4. The maximum Gasteiger partial charge on any atom is 0.149 e. The zero-order chi connectivity index (χ0) is 13.1.